The second-order valence-electron chi connectivity index (χ2n) is 2.73. The molecule has 0 spiro atoms. The molecule has 0 aliphatic carbocycles. The fraction of sp³-hybridized carbons (Fsp3) is 0.333. The molecule has 0 amide bonds. The van der Waals surface area contributed by atoms with E-state index in [9.17, 15) is 0 Å². The summed E-state index contributed by atoms with van der Waals surface area (Å²) in [5.74, 6) is 0.154. The Morgan fingerprint density at radius 2 is 2.23 bits per heavy atom. The number of nitrogens with zero attached hydrogens (tertiary/aromatic N) is 2. The molecule has 70 valence electrons. The van der Waals surface area contributed by atoms with Gasteiger partial charge in [0.15, 0.2) is 5.96 Å². The number of aryl methyl sites for hydroxylation is 1. The quantitative estimate of drug-likeness (QED) is 0.395. The van der Waals surface area contributed by atoms with Crippen LogP contribution in [0.5, 0.6) is 0 Å². The third kappa shape index (κ3) is 4.10. The van der Waals surface area contributed by atoms with Crippen molar-refractivity contribution in [2.45, 2.75) is 12.8 Å². The van der Waals surface area contributed by atoms with Crippen LogP contribution in [0.1, 0.15) is 12.1 Å². The van der Waals surface area contributed by atoms with E-state index < -0.39 is 0 Å². The Bertz CT molecular complexity index is 264. The molecule has 0 saturated heterocycles. The molecule has 4 nitrogen and oxygen atoms in total. The van der Waals surface area contributed by atoms with Gasteiger partial charge in [-0.1, -0.05) is 6.07 Å². The Morgan fingerprint density at radius 1 is 1.38 bits per heavy atom. The highest BCUT2D eigenvalue weighted by Gasteiger charge is 1.91. The largest absolute Gasteiger partial charge is 0.370 e. The van der Waals surface area contributed by atoms with E-state index in [1.54, 1.807) is 6.20 Å². The van der Waals surface area contributed by atoms with Crippen LogP contribution in [-0.2, 0) is 6.42 Å². The van der Waals surface area contributed by atoms with Crippen molar-refractivity contribution in [1.82, 2.24) is 4.98 Å². The summed E-state index contributed by atoms with van der Waals surface area (Å²) in [6, 6.07) is 5.87. The topological polar surface area (TPSA) is 77.3 Å². The van der Waals surface area contributed by atoms with Crippen LogP contribution >= 0.6 is 0 Å². The molecule has 0 fully saturated rings. The molecule has 1 heterocycles. The summed E-state index contributed by atoms with van der Waals surface area (Å²) in [4.78, 5) is 8.07. The van der Waals surface area contributed by atoms with Crippen molar-refractivity contribution in [2.24, 2.45) is 16.5 Å². The number of hydrogen-bond donors (Lipinski definition) is 2. The molecule has 0 aliphatic heterocycles. The predicted octanol–water partition coefficient (Wildman–Crippen LogP) is 0.288. The van der Waals surface area contributed by atoms with E-state index in [0.717, 1.165) is 18.5 Å². The Kier molecular flexibility index (Phi) is 3.75. The van der Waals surface area contributed by atoms with E-state index in [1.807, 2.05) is 18.2 Å². The van der Waals surface area contributed by atoms with Crippen molar-refractivity contribution >= 4 is 5.96 Å². The molecular weight excluding hydrogens is 164 g/mol. The van der Waals surface area contributed by atoms with Crippen LogP contribution in [0, 0.1) is 0 Å². The second kappa shape index (κ2) is 5.13. The summed E-state index contributed by atoms with van der Waals surface area (Å²) in [7, 11) is 0. The second-order valence-corrected chi connectivity index (χ2v) is 2.73. The maximum atomic E-state index is 5.18. The summed E-state index contributed by atoms with van der Waals surface area (Å²) in [6.07, 6.45) is 3.63. The predicted molar refractivity (Wildman–Crippen MR) is 53.2 cm³/mol. The highest BCUT2D eigenvalue weighted by Crippen LogP contribution is 1.97. The number of rotatable bonds is 4. The highest BCUT2D eigenvalue weighted by molar-refractivity contribution is 5.75. The van der Waals surface area contributed by atoms with E-state index in [2.05, 4.69) is 9.98 Å². The van der Waals surface area contributed by atoms with E-state index in [0.29, 0.717) is 6.54 Å². The lowest BCUT2D eigenvalue weighted by Gasteiger charge is -1.97. The zero-order valence-electron chi connectivity index (χ0n) is 7.48. The summed E-state index contributed by atoms with van der Waals surface area (Å²) in [5.41, 5.74) is 11.4. The Balaban J connectivity index is 2.25. The Labute approximate surface area is 77.7 Å². The van der Waals surface area contributed by atoms with Crippen molar-refractivity contribution in [1.29, 1.82) is 0 Å². The van der Waals surface area contributed by atoms with Gasteiger partial charge in [0.05, 0.1) is 0 Å². The SMILES string of the molecule is NC(N)=NCCCc1ccccn1. The first-order chi connectivity index (χ1) is 6.29. The first-order valence-corrected chi connectivity index (χ1v) is 4.24. The molecular formula is C9H14N4. The number of aromatic nitrogens is 1. The fourth-order valence-corrected chi connectivity index (χ4v) is 1.01. The molecule has 4 heteroatoms. The van der Waals surface area contributed by atoms with E-state index in [-0.39, 0.29) is 5.96 Å². The van der Waals surface area contributed by atoms with Crippen molar-refractivity contribution in [3.8, 4) is 0 Å². The highest BCUT2D eigenvalue weighted by atomic mass is 15.0. The normalized spacial score (nSPS) is 9.54. The van der Waals surface area contributed by atoms with Gasteiger partial charge in [0.2, 0.25) is 0 Å². The van der Waals surface area contributed by atoms with Gasteiger partial charge in [0.25, 0.3) is 0 Å². The van der Waals surface area contributed by atoms with Crippen molar-refractivity contribution in [3.05, 3.63) is 30.1 Å². The minimum atomic E-state index is 0.154. The number of aliphatic imine (C=N–C) groups is 1. The van der Waals surface area contributed by atoms with Gasteiger partial charge in [-0.2, -0.15) is 0 Å². The molecule has 0 aromatic carbocycles. The average Bonchev–Trinajstić information content (AvgIpc) is 2.14. The molecule has 4 N–H and O–H groups in total. The molecule has 13 heavy (non-hydrogen) atoms. The van der Waals surface area contributed by atoms with Gasteiger partial charge in [0, 0.05) is 18.4 Å². The third-order valence-electron chi connectivity index (χ3n) is 1.61. The lowest BCUT2D eigenvalue weighted by atomic mass is 10.2. The van der Waals surface area contributed by atoms with Crippen LogP contribution in [0.4, 0.5) is 0 Å². The molecule has 0 unspecified atom stereocenters. The first kappa shape index (κ1) is 9.51. The van der Waals surface area contributed by atoms with Gasteiger partial charge in [0.1, 0.15) is 0 Å². The standard InChI is InChI=1S/C9H14N4/c10-9(11)13-7-3-5-8-4-1-2-6-12-8/h1-2,4,6H,3,5,7H2,(H4,10,11,13). The van der Waals surface area contributed by atoms with Crippen LogP contribution in [-0.4, -0.2) is 17.5 Å². The van der Waals surface area contributed by atoms with Crippen molar-refractivity contribution < 1.29 is 0 Å². The number of nitrogens with two attached hydrogens (primary N) is 2. The Morgan fingerprint density at radius 3 is 2.85 bits per heavy atom. The molecule has 0 atom stereocenters. The maximum Gasteiger partial charge on any atom is 0.185 e. The smallest absolute Gasteiger partial charge is 0.185 e. The van der Waals surface area contributed by atoms with Crippen LogP contribution < -0.4 is 11.5 Å². The minimum Gasteiger partial charge on any atom is -0.370 e. The zero-order valence-corrected chi connectivity index (χ0v) is 7.48. The zero-order chi connectivity index (χ0) is 9.52. The molecule has 1 aromatic rings. The van der Waals surface area contributed by atoms with Crippen LogP contribution in [0.2, 0.25) is 0 Å². The molecule has 0 bridgehead atoms. The van der Waals surface area contributed by atoms with Gasteiger partial charge in [-0.15, -0.1) is 0 Å². The maximum absolute atomic E-state index is 5.18. The summed E-state index contributed by atoms with van der Waals surface area (Å²) in [5, 5.41) is 0. The van der Waals surface area contributed by atoms with E-state index in [4.69, 9.17) is 11.5 Å². The minimum absolute atomic E-state index is 0.154. The lowest BCUT2D eigenvalue weighted by molar-refractivity contribution is 0.809. The molecule has 1 aromatic heterocycles. The average molecular weight is 178 g/mol. The Hall–Kier alpha value is -1.58. The van der Waals surface area contributed by atoms with Gasteiger partial charge < -0.3 is 11.5 Å². The van der Waals surface area contributed by atoms with Crippen molar-refractivity contribution in [2.75, 3.05) is 6.54 Å². The van der Waals surface area contributed by atoms with Crippen LogP contribution in [0.25, 0.3) is 0 Å². The number of pyridine rings is 1. The lowest BCUT2D eigenvalue weighted by Crippen LogP contribution is -2.23. The molecule has 1 rings (SSSR count). The number of guanidine groups is 1. The molecule has 0 saturated carbocycles. The van der Waals surface area contributed by atoms with E-state index in [1.165, 1.54) is 0 Å². The fourth-order valence-electron chi connectivity index (χ4n) is 1.01. The first-order valence-electron chi connectivity index (χ1n) is 4.24. The summed E-state index contributed by atoms with van der Waals surface area (Å²) in [6.45, 7) is 0.666. The van der Waals surface area contributed by atoms with Gasteiger partial charge >= 0.3 is 0 Å². The van der Waals surface area contributed by atoms with Gasteiger partial charge in [-0.05, 0) is 25.0 Å². The molecule has 0 aliphatic rings. The summed E-state index contributed by atoms with van der Waals surface area (Å²) < 4.78 is 0. The van der Waals surface area contributed by atoms with Crippen LogP contribution in [0.15, 0.2) is 29.4 Å². The van der Waals surface area contributed by atoms with Gasteiger partial charge in [-0.3, -0.25) is 9.98 Å². The van der Waals surface area contributed by atoms with E-state index >= 15 is 0 Å². The van der Waals surface area contributed by atoms with Crippen LogP contribution in [0.3, 0.4) is 0 Å². The number of hydrogen-bond acceptors (Lipinski definition) is 2. The van der Waals surface area contributed by atoms with Gasteiger partial charge in [-0.25, -0.2) is 0 Å². The molecule has 0 radical (unpaired) electrons. The summed E-state index contributed by atoms with van der Waals surface area (Å²) >= 11 is 0. The monoisotopic (exact) mass is 178 g/mol. The third-order valence-corrected chi connectivity index (χ3v) is 1.61. The van der Waals surface area contributed by atoms with Crippen molar-refractivity contribution in [3.63, 3.8) is 0 Å².